The largest absolute Gasteiger partial charge is 0.434 e. The number of thioether (sulfide) groups is 1. The van der Waals surface area contributed by atoms with Crippen LogP contribution in [0.3, 0.4) is 0 Å². The van der Waals surface area contributed by atoms with Gasteiger partial charge in [-0.3, -0.25) is 0 Å². The summed E-state index contributed by atoms with van der Waals surface area (Å²) in [6, 6.07) is 0. The Labute approximate surface area is 126 Å². The maximum absolute atomic E-state index is 12.9. The highest BCUT2D eigenvalue weighted by atomic mass is 32.2. The zero-order valence-electron chi connectivity index (χ0n) is 12.0. The topological polar surface area (TPSA) is 24.9 Å². The molecule has 2 nitrogen and oxygen atoms in total. The Morgan fingerprint density at radius 1 is 1.35 bits per heavy atom. The van der Waals surface area contributed by atoms with Gasteiger partial charge in [0, 0.05) is 12.3 Å². The molecule has 0 atom stereocenters. The van der Waals surface area contributed by atoms with Gasteiger partial charge in [-0.15, -0.1) is 11.3 Å². The first-order valence-corrected chi connectivity index (χ1v) is 8.66. The minimum absolute atomic E-state index is 0.239. The average molecular weight is 326 g/mol. The highest BCUT2D eigenvalue weighted by Gasteiger charge is 2.37. The first kappa shape index (κ1) is 17.8. The van der Waals surface area contributed by atoms with Crippen LogP contribution in [-0.4, -0.2) is 17.3 Å². The minimum atomic E-state index is -4.36. The van der Waals surface area contributed by atoms with Crippen LogP contribution in [0.4, 0.5) is 13.2 Å². The van der Waals surface area contributed by atoms with Crippen LogP contribution in [0.25, 0.3) is 0 Å². The summed E-state index contributed by atoms with van der Waals surface area (Å²) in [5, 5.41) is 3.62. The van der Waals surface area contributed by atoms with Gasteiger partial charge in [0.15, 0.2) is 5.69 Å². The molecule has 0 aliphatic heterocycles. The summed E-state index contributed by atoms with van der Waals surface area (Å²) in [6.45, 7) is 7.05. The number of halogens is 3. The molecule has 0 bridgehead atoms. The van der Waals surface area contributed by atoms with Crippen molar-refractivity contribution in [2.24, 2.45) is 5.92 Å². The lowest BCUT2D eigenvalue weighted by Crippen LogP contribution is -2.20. The molecule has 7 heteroatoms. The van der Waals surface area contributed by atoms with Gasteiger partial charge in [0.1, 0.15) is 5.01 Å². The summed E-state index contributed by atoms with van der Waals surface area (Å²) in [5.74, 6) is 1.92. The predicted molar refractivity (Wildman–Crippen MR) is 80.1 cm³/mol. The third-order valence-corrected chi connectivity index (χ3v) is 4.83. The van der Waals surface area contributed by atoms with Crippen molar-refractivity contribution < 1.29 is 13.2 Å². The molecule has 0 fully saturated rings. The fraction of sp³-hybridized carbons (Fsp3) is 0.769. The Morgan fingerprint density at radius 3 is 2.60 bits per heavy atom. The normalized spacial score (nSPS) is 12.3. The quantitative estimate of drug-likeness (QED) is 0.709. The van der Waals surface area contributed by atoms with E-state index in [4.69, 9.17) is 0 Å². The number of thiazole rings is 1. The molecule has 0 saturated heterocycles. The number of aromatic nitrogens is 1. The Kier molecular flexibility index (Phi) is 7.33. The number of rotatable bonds is 8. The fourth-order valence-corrected chi connectivity index (χ4v) is 3.59. The van der Waals surface area contributed by atoms with Crippen LogP contribution in [0, 0.1) is 5.92 Å². The molecule has 1 N–H and O–H groups in total. The predicted octanol–water partition coefficient (Wildman–Crippen LogP) is 4.55. The van der Waals surface area contributed by atoms with Crippen LogP contribution < -0.4 is 5.32 Å². The van der Waals surface area contributed by atoms with E-state index in [1.807, 2.05) is 13.8 Å². The van der Waals surface area contributed by atoms with Gasteiger partial charge < -0.3 is 5.32 Å². The standard InChI is InChI=1S/C13H21F3N2S2/c1-4-5-19-8-11-18-12(13(14,15)16)10(20-11)7-17-6-9(2)3/h9,17H,4-8H2,1-3H3. The molecule has 0 aliphatic carbocycles. The molecule has 116 valence electrons. The third kappa shape index (κ3) is 6.01. The first-order chi connectivity index (χ1) is 9.34. The Balaban J connectivity index is 2.73. The molecular weight excluding hydrogens is 305 g/mol. The molecule has 0 radical (unpaired) electrons. The maximum atomic E-state index is 12.9. The Morgan fingerprint density at radius 2 is 2.05 bits per heavy atom. The molecule has 0 saturated carbocycles. The highest BCUT2D eigenvalue weighted by molar-refractivity contribution is 7.98. The van der Waals surface area contributed by atoms with E-state index in [0.29, 0.717) is 28.1 Å². The second-order valence-electron chi connectivity index (χ2n) is 4.95. The lowest BCUT2D eigenvalue weighted by molar-refractivity contribution is -0.141. The SMILES string of the molecule is CCCSCc1nc(C(F)(F)F)c(CNCC(C)C)s1. The summed E-state index contributed by atoms with van der Waals surface area (Å²) in [6.07, 6.45) is -3.34. The van der Waals surface area contributed by atoms with E-state index in [-0.39, 0.29) is 6.54 Å². The number of nitrogens with zero attached hydrogens (tertiary/aromatic N) is 1. The number of alkyl halides is 3. The molecule has 1 heterocycles. The summed E-state index contributed by atoms with van der Waals surface area (Å²) in [5.41, 5.74) is -0.717. The van der Waals surface area contributed by atoms with Gasteiger partial charge >= 0.3 is 6.18 Å². The zero-order chi connectivity index (χ0) is 15.2. The summed E-state index contributed by atoms with van der Waals surface area (Å²) in [7, 11) is 0. The van der Waals surface area contributed by atoms with E-state index in [2.05, 4.69) is 17.2 Å². The van der Waals surface area contributed by atoms with Crippen molar-refractivity contribution in [3.05, 3.63) is 15.6 Å². The van der Waals surface area contributed by atoms with Crippen LogP contribution in [0.2, 0.25) is 0 Å². The van der Waals surface area contributed by atoms with Gasteiger partial charge in [-0.25, -0.2) is 4.98 Å². The lowest BCUT2D eigenvalue weighted by atomic mass is 10.2. The van der Waals surface area contributed by atoms with Crippen LogP contribution in [-0.2, 0) is 18.5 Å². The smallest absolute Gasteiger partial charge is 0.312 e. The number of hydrogen-bond acceptors (Lipinski definition) is 4. The second-order valence-corrected chi connectivity index (χ2v) is 7.23. The summed E-state index contributed by atoms with van der Waals surface area (Å²) >= 11 is 2.80. The van der Waals surface area contributed by atoms with Gasteiger partial charge in [0.25, 0.3) is 0 Å². The summed E-state index contributed by atoms with van der Waals surface area (Å²) < 4.78 is 38.8. The van der Waals surface area contributed by atoms with Crippen molar-refractivity contribution in [3.63, 3.8) is 0 Å². The van der Waals surface area contributed by atoms with Crippen molar-refractivity contribution in [1.82, 2.24) is 10.3 Å². The third-order valence-electron chi connectivity index (χ3n) is 2.42. The van der Waals surface area contributed by atoms with Gasteiger partial charge in [-0.05, 0) is 24.6 Å². The number of nitrogens with one attached hydrogen (secondary N) is 1. The van der Waals surface area contributed by atoms with E-state index >= 15 is 0 Å². The molecule has 0 aliphatic rings. The molecular formula is C13H21F3N2S2. The van der Waals surface area contributed by atoms with Crippen LogP contribution >= 0.6 is 23.1 Å². The average Bonchev–Trinajstić information content (AvgIpc) is 2.72. The van der Waals surface area contributed by atoms with Crippen LogP contribution in [0.15, 0.2) is 0 Å². The molecule has 0 spiro atoms. The Bertz CT molecular complexity index is 403. The monoisotopic (exact) mass is 326 g/mol. The minimum Gasteiger partial charge on any atom is -0.312 e. The molecule has 1 rings (SSSR count). The molecule has 0 amide bonds. The van der Waals surface area contributed by atoms with Crippen molar-refractivity contribution in [3.8, 4) is 0 Å². The molecule has 0 aromatic carbocycles. The zero-order valence-corrected chi connectivity index (χ0v) is 13.6. The Hall–Kier alpha value is -0.270. The van der Waals surface area contributed by atoms with Crippen molar-refractivity contribution in [1.29, 1.82) is 0 Å². The summed E-state index contributed by atoms with van der Waals surface area (Å²) in [4.78, 5) is 4.08. The van der Waals surface area contributed by atoms with Gasteiger partial charge in [-0.1, -0.05) is 20.8 Å². The van der Waals surface area contributed by atoms with E-state index < -0.39 is 11.9 Å². The number of hydrogen-bond donors (Lipinski definition) is 1. The molecule has 1 aromatic heterocycles. The second kappa shape index (κ2) is 8.24. The van der Waals surface area contributed by atoms with Crippen molar-refractivity contribution in [2.75, 3.05) is 12.3 Å². The maximum Gasteiger partial charge on any atom is 0.434 e. The lowest BCUT2D eigenvalue weighted by Gasteiger charge is -2.08. The van der Waals surface area contributed by atoms with Gasteiger partial charge in [0.2, 0.25) is 0 Å². The highest BCUT2D eigenvalue weighted by Crippen LogP contribution is 2.35. The molecule has 20 heavy (non-hydrogen) atoms. The van der Waals surface area contributed by atoms with E-state index in [1.54, 1.807) is 11.8 Å². The first-order valence-electron chi connectivity index (χ1n) is 6.68. The van der Waals surface area contributed by atoms with E-state index in [0.717, 1.165) is 12.2 Å². The van der Waals surface area contributed by atoms with Gasteiger partial charge in [0.05, 0.1) is 4.88 Å². The van der Waals surface area contributed by atoms with Crippen molar-refractivity contribution >= 4 is 23.1 Å². The van der Waals surface area contributed by atoms with Crippen LogP contribution in [0.5, 0.6) is 0 Å². The van der Waals surface area contributed by atoms with Crippen molar-refractivity contribution in [2.45, 2.75) is 45.7 Å². The van der Waals surface area contributed by atoms with E-state index in [1.165, 1.54) is 11.3 Å². The van der Waals surface area contributed by atoms with Crippen LogP contribution in [0.1, 0.15) is 42.8 Å². The van der Waals surface area contributed by atoms with E-state index in [9.17, 15) is 13.2 Å². The van der Waals surface area contributed by atoms with Gasteiger partial charge in [-0.2, -0.15) is 24.9 Å². The fourth-order valence-electron chi connectivity index (χ4n) is 1.58. The molecule has 0 unspecified atom stereocenters. The molecule has 1 aromatic rings.